The molecular weight excluding hydrogens is 393 g/mol. The summed E-state index contributed by atoms with van der Waals surface area (Å²) in [5, 5.41) is 11.5. The number of rotatable bonds is 6. The predicted molar refractivity (Wildman–Crippen MR) is 94.1 cm³/mol. The summed E-state index contributed by atoms with van der Waals surface area (Å²) in [5.41, 5.74) is 2.34. The molecule has 0 aliphatic heterocycles. The van der Waals surface area contributed by atoms with Gasteiger partial charge in [-0.3, -0.25) is 9.59 Å². The van der Waals surface area contributed by atoms with E-state index in [9.17, 15) is 9.59 Å². The van der Waals surface area contributed by atoms with Gasteiger partial charge < -0.3 is 10.4 Å². The normalized spacial score (nSPS) is 10.2. The van der Waals surface area contributed by atoms with Gasteiger partial charge in [-0.05, 0) is 77.4 Å². The van der Waals surface area contributed by atoms with Gasteiger partial charge in [-0.1, -0.05) is 12.1 Å². The van der Waals surface area contributed by atoms with Crippen LogP contribution in [0, 0.1) is 3.57 Å². The van der Waals surface area contributed by atoms with Crippen LogP contribution in [0.1, 0.15) is 28.8 Å². The van der Waals surface area contributed by atoms with Crippen LogP contribution in [0.4, 0.5) is 5.69 Å². The summed E-state index contributed by atoms with van der Waals surface area (Å²) in [6.07, 6.45) is 1.42. The quantitative estimate of drug-likeness (QED) is 0.711. The SMILES string of the molecule is O=C(O)CCCc1cccc(NC(=O)c2ccc(I)cc2)c1. The highest BCUT2D eigenvalue weighted by atomic mass is 127. The molecule has 0 spiro atoms. The van der Waals surface area contributed by atoms with E-state index in [0.717, 1.165) is 14.8 Å². The van der Waals surface area contributed by atoms with Crippen LogP contribution in [0.15, 0.2) is 48.5 Å². The van der Waals surface area contributed by atoms with E-state index in [-0.39, 0.29) is 12.3 Å². The third kappa shape index (κ3) is 5.14. The summed E-state index contributed by atoms with van der Waals surface area (Å²) >= 11 is 2.19. The summed E-state index contributed by atoms with van der Waals surface area (Å²) < 4.78 is 1.08. The minimum Gasteiger partial charge on any atom is -0.481 e. The van der Waals surface area contributed by atoms with Crippen molar-refractivity contribution < 1.29 is 14.7 Å². The van der Waals surface area contributed by atoms with Gasteiger partial charge in [0.15, 0.2) is 0 Å². The van der Waals surface area contributed by atoms with E-state index < -0.39 is 5.97 Å². The van der Waals surface area contributed by atoms with Crippen molar-refractivity contribution in [1.29, 1.82) is 0 Å². The Bertz CT molecular complexity index is 668. The number of aryl methyl sites for hydroxylation is 1. The third-order valence-corrected chi connectivity index (χ3v) is 3.87. The number of carbonyl (C=O) groups is 2. The van der Waals surface area contributed by atoms with Gasteiger partial charge in [0.2, 0.25) is 0 Å². The Kier molecular flexibility index (Phi) is 5.94. The summed E-state index contributed by atoms with van der Waals surface area (Å²) in [6, 6.07) is 14.8. The van der Waals surface area contributed by atoms with Crippen molar-refractivity contribution in [2.75, 3.05) is 5.32 Å². The fourth-order valence-corrected chi connectivity index (χ4v) is 2.41. The molecule has 0 saturated carbocycles. The number of hydrogen-bond acceptors (Lipinski definition) is 2. The number of aliphatic carboxylic acids is 1. The van der Waals surface area contributed by atoms with Crippen molar-refractivity contribution in [2.45, 2.75) is 19.3 Å². The van der Waals surface area contributed by atoms with Crippen molar-refractivity contribution in [3.8, 4) is 0 Å². The molecule has 0 atom stereocenters. The Hall–Kier alpha value is -1.89. The molecule has 0 radical (unpaired) electrons. The molecule has 2 rings (SSSR count). The van der Waals surface area contributed by atoms with E-state index in [4.69, 9.17) is 5.11 Å². The summed E-state index contributed by atoms with van der Waals surface area (Å²) in [7, 11) is 0. The Morgan fingerprint density at radius 2 is 1.82 bits per heavy atom. The van der Waals surface area contributed by atoms with Crippen LogP contribution in [-0.4, -0.2) is 17.0 Å². The second kappa shape index (κ2) is 7.93. The maximum atomic E-state index is 12.1. The Balaban J connectivity index is 1.99. The molecule has 114 valence electrons. The third-order valence-electron chi connectivity index (χ3n) is 3.15. The highest BCUT2D eigenvalue weighted by Gasteiger charge is 2.06. The maximum Gasteiger partial charge on any atom is 0.303 e. The number of carboxylic acids is 1. The molecule has 0 heterocycles. The molecule has 0 bridgehead atoms. The smallest absolute Gasteiger partial charge is 0.303 e. The number of halogens is 1. The average Bonchev–Trinajstić information content (AvgIpc) is 2.48. The number of anilines is 1. The predicted octanol–water partition coefficient (Wildman–Crippen LogP) is 3.95. The Morgan fingerprint density at radius 3 is 2.50 bits per heavy atom. The topological polar surface area (TPSA) is 66.4 Å². The van der Waals surface area contributed by atoms with Crippen LogP contribution in [0.5, 0.6) is 0 Å². The van der Waals surface area contributed by atoms with Crippen LogP contribution in [0.2, 0.25) is 0 Å². The van der Waals surface area contributed by atoms with E-state index in [2.05, 4.69) is 27.9 Å². The lowest BCUT2D eigenvalue weighted by Gasteiger charge is -2.07. The van der Waals surface area contributed by atoms with E-state index in [1.807, 2.05) is 36.4 Å². The lowest BCUT2D eigenvalue weighted by molar-refractivity contribution is -0.137. The monoisotopic (exact) mass is 409 g/mol. The number of nitrogens with one attached hydrogen (secondary N) is 1. The number of benzene rings is 2. The number of carbonyl (C=O) groups excluding carboxylic acids is 1. The van der Waals surface area contributed by atoms with Crippen LogP contribution < -0.4 is 5.32 Å². The highest BCUT2D eigenvalue weighted by Crippen LogP contribution is 2.15. The zero-order valence-electron chi connectivity index (χ0n) is 11.9. The summed E-state index contributed by atoms with van der Waals surface area (Å²) in [5.74, 6) is -0.942. The van der Waals surface area contributed by atoms with Crippen LogP contribution in [0.25, 0.3) is 0 Å². The lowest BCUT2D eigenvalue weighted by Crippen LogP contribution is -2.11. The fraction of sp³-hybridized carbons (Fsp3) is 0.176. The fourth-order valence-electron chi connectivity index (χ4n) is 2.05. The Morgan fingerprint density at radius 1 is 1.09 bits per heavy atom. The lowest BCUT2D eigenvalue weighted by atomic mass is 10.1. The van der Waals surface area contributed by atoms with Crippen LogP contribution in [-0.2, 0) is 11.2 Å². The van der Waals surface area contributed by atoms with Crippen molar-refractivity contribution in [1.82, 2.24) is 0 Å². The highest BCUT2D eigenvalue weighted by molar-refractivity contribution is 14.1. The van der Waals surface area contributed by atoms with Crippen molar-refractivity contribution in [2.24, 2.45) is 0 Å². The van der Waals surface area contributed by atoms with Gasteiger partial charge in [0, 0.05) is 21.2 Å². The molecule has 0 unspecified atom stereocenters. The molecule has 5 heteroatoms. The number of amides is 1. The molecule has 0 saturated heterocycles. The molecule has 0 fully saturated rings. The largest absolute Gasteiger partial charge is 0.481 e. The molecule has 0 aliphatic carbocycles. The molecule has 0 aromatic heterocycles. The van der Waals surface area contributed by atoms with Gasteiger partial charge in [-0.25, -0.2) is 0 Å². The first kappa shape index (κ1) is 16.5. The van der Waals surface area contributed by atoms with Crippen molar-refractivity contribution in [3.05, 3.63) is 63.2 Å². The number of carboxylic acid groups (broad SMARTS) is 1. The van der Waals surface area contributed by atoms with Crippen molar-refractivity contribution in [3.63, 3.8) is 0 Å². The van der Waals surface area contributed by atoms with E-state index >= 15 is 0 Å². The molecule has 1 amide bonds. The number of hydrogen-bond donors (Lipinski definition) is 2. The summed E-state index contributed by atoms with van der Waals surface area (Å²) in [4.78, 5) is 22.7. The van der Waals surface area contributed by atoms with Gasteiger partial charge in [-0.2, -0.15) is 0 Å². The standard InChI is InChI=1S/C17H16INO3/c18-14-9-7-13(8-10-14)17(22)19-15-5-1-3-12(11-15)4-2-6-16(20)21/h1,3,5,7-11H,2,4,6H2,(H,19,22)(H,20,21). The van der Waals surface area contributed by atoms with E-state index in [0.29, 0.717) is 18.4 Å². The first-order chi connectivity index (χ1) is 10.5. The second-order valence-electron chi connectivity index (χ2n) is 4.91. The van der Waals surface area contributed by atoms with Gasteiger partial charge in [-0.15, -0.1) is 0 Å². The molecular formula is C17H16INO3. The molecule has 2 N–H and O–H groups in total. The molecule has 0 aliphatic rings. The second-order valence-corrected chi connectivity index (χ2v) is 6.15. The van der Waals surface area contributed by atoms with E-state index in [1.54, 1.807) is 12.1 Å². The summed E-state index contributed by atoms with van der Waals surface area (Å²) in [6.45, 7) is 0. The minimum atomic E-state index is -0.789. The Labute approximate surface area is 142 Å². The zero-order chi connectivity index (χ0) is 15.9. The molecule has 4 nitrogen and oxygen atoms in total. The zero-order valence-corrected chi connectivity index (χ0v) is 14.0. The van der Waals surface area contributed by atoms with Gasteiger partial charge >= 0.3 is 5.97 Å². The van der Waals surface area contributed by atoms with E-state index in [1.165, 1.54) is 0 Å². The molecule has 2 aromatic rings. The first-order valence-corrected chi connectivity index (χ1v) is 8.00. The molecule has 2 aromatic carbocycles. The maximum absolute atomic E-state index is 12.1. The minimum absolute atomic E-state index is 0.152. The molecule has 22 heavy (non-hydrogen) atoms. The van der Waals surface area contributed by atoms with Gasteiger partial charge in [0.1, 0.15) is 0 Å². The van der Waals surface area contributed by atoms with Crippen LogP contribution >= 0.6 is 22.6 Å². The van der Waals surface area contributed by atoms with Gasteiger partial charge in [0.05, 0.1) is 0 Å². The van der Waals surface area contributed by atoms with Gasteiger partial charge in [0.25, 0.3) is 5.91 Å². The first-order valence-electron chi connectivity index (χ1n) is 6.92. The average molecular weight is 409 g/mol. The van der Waals surface area contributed by atoms with Crippen molar-refractivity contribution >= 4 is 40.2 Å². The van der Waals surface area contributed by atoms with Crippen LogP contribution in [0.3, 0.4) is 0 Å².